The first-order valence-electron chi connectivity index (χ1n) is 10.7. The SMILES string of the molecule is c1ccc(S(Sn2ccnc2)(c2cncnc2)(c2ccncn2)(c2cccnn2)n2ccnn2)cc1. The van der Waals surface area contributed by atoms with E-state index in [1.165, 1.54) is 23.6 Å². The zero-order valence-corrected chi connectivity index (χ0v) is 20.3. The molecule has 1 aromatic carbocycles. The molecule has 0 N–H and O–H groups in total. The van der Waals surface area contributed by atoms with Gasteiger partial charge in [0.25, 0.3) is 0 Å². The van der Waals surface area contributed by atoms with E-state index in [1.807, 2.05) is 69.0 Å². The van der Waals surface area contributed by atoms with E-state index in [1.54, 1.807) is 43.5 Å². The molecule has 0 amide bonds. The van der Waals surface area contributed by atoms with Crippen LogP contribution in [0.25, 0.3) is 0 Å². The number of nitrogens with zero attached hydrogens (tertiary/aromatic N) is 11. The maximum absolute atomic E-state index is 4.94. The number of rotatable bonds is 7. The van der Waals surface area contributed by atoms with E-state index in [9.17, 15) is 0 Å². The molecule has 0 aliphatic rings. The lowest BCUT2D eigenvalue weighted by Gasteiger charge is -2.74. The number of benzene rings is 1. The summed E-state index contributed by atoms with van der Waals surface area (Å²) in [5.41, 5.74) is 0. The van der Waals surface area contributed by atoms with Crippen LogP contribution in [0, 0.1) is 0 Å². The highest BCUT2D eigenvalue weighted by Crippen LogP contribution is 3.11. The molecule has 5 heterocycles. The van der Waals surface area contributed by atoms with Crippen molar-refractivity contribution in [1.29, 1.82) is 0 Å². The van der Waals surface area contributed by atoms with E-state index in [0.717, 1.165) is 4.90 Å². The van der Waals surface area contributed by atoms with Crippen molar-refractivity contribution in [3.63, 3.8) is 0 Å². The van der Waals surface area contributed by atoms with Crippen LogP contribution >= 0.6 is 18.5 Å². The summed E-state index contributed by atoms with van der Waals surface area (Å²) in [6, 6.07) is 15.6. The Hall–Kier alpha value is -4.49. The van der Waals surface area contributed by atoms with Crippen LogP contribution in [0.2, 0.25) is 0 Å². The lowest BCUT2D eigenvalue weighted by Crippen LogP contribution is -2.44. The van der Waals surface area contributed by atoms with Crippen molar-refractivity contribution in [2.45, 2.75) is 19.8 Å². The van der Waals surface area contributed by atoms with Crippen LogP contribution in [0.15, 0.2) is 137 Å². The van der Waals surface area contributed by atoms with Crippen molar-refractivity contribution in [3.05, 3.63) is 117 Å². The Morgan fingerprint density at radius 2 is 1.56 bits per heavy atom. The molecule has 0 saturated carbocycles. The summed E-state index contributed by atoms with van der Waals surface area (Å²) in [6.45, 7) is 0. The lowest BCUT2D eigenvalue weighted by molar-refractivity contribution is 0.798. The molecule has 0 aliphatic heterocycles. The third-order valence-electron chi connectivity index (χ3n) is 6.08. The van der Waals surface area contributed by atoms with Gasteiger partial charge in [-0.05, 0) is 37.8 Å². The second kappa shape index (κ2) is 8.03. The molecule has 0 bridgehead atoms. The van der Waals surface area contributed by atoms with Crippen LogP contribution in [0.5, 0.6) is 0 Å². The number of hydrogen-bond acceptors (Lipinski definition) is 10. The van der Waals surface area contributed by atoms with Gasteiger partial charge in [-0.3, -0.25) is 3.97 Å². The molecule has 36 heavy (non-hydrogen) atoms. The van der Waals surface area contributed by atoms with Crippen molar-refractivity contribution in [3.8, 4) is 0 Å². The Balaban J connectivity index is 2.06. The van der Waals surface area contributed by atoms with Crippen LogP contribution in [0.4, 0.5) is 0 Å². The average molecular weight is 514 g/mol. The van der Waals surface area contributed by atoms with Crippen LogP contribution in [0.1, 0.15) is 0 Å². The van der Waals surface area contributed by atoms with Crippen molar-refractivity contribution >= 4 is 18.5 Å². The summed E-state index contributed by atoms with van der Waals surface area (Å²) in [5.74, 6) is 0. The van der Waals surface area contributed by atoms with Crippen LogP contribution in [0.3, 0.4) is 0 Å². The molecular formula is C23H19N11S2. The zero-order valence-electron chi connectivity index (χ0n) is 18.7. The molecular weight excluding hydrogens is 494 g/mol. The fraction of sp³-hybridized carbons (Fsp3) is 0. The quantitative estimate of drug-likeness (QED) is 0.230. The molecule has 0 unspecified atom stereocenters. The predicted octanol–water partition coefficient (Wildman–Crippen LogP) is 3.83. The highest BCUT2D eigenvalue weighted by molar-refractivity contribution is 9.12. The van der Waals surface area contributed by atoms with Gasteiger partial charge in [0.2, 0.25) is 0 Å². The standard InChI is InChI=1S/C23H19N11S2/c1-2-5-20(6-3-1)36(34-14-12-30-32-34,21-15-26-17-27-16-21,22-8-10-24-18-28-22,23-7-4-9-29-31-23)35-33-13-11-25-19-33/h1-19H. The fourth-order valence-corrected chi connectivity index (χ4v) is 15.3. The maximum Gasteiger partial charge on any atom is 0.127 e. The minimum atomic E-state index is -4.83. The first-order chi connectivity index (χ1) is 17.8. The second-order valence-corrected chi connectivity index (χ2v) is 16.1. The van der Waals surface area contributed by atoms with Gasteiger partial charge in [-0.1, -0.05) is 23.4 Å². The lowest BCUT2D eigenvalue weighted by atomic mass is 10.4. The van der Waals surface area contributed by atoms with Crippen molar-refractivity contribution in [2.24, 2.45) is 0 Å². The summed E-state index contributed by atoms with van der Waals surface area (Å²) in [7, 11) is -3.37. The van der Waals surface area contributed by atoms with Gasteiger partial charge >= 0.3 is 0 Å². The third-order valence-corrected chi connectivity index (χ3v) is 17.3. The molecule has 6 aromatic rings. The molecule has 178 valence electrons. The van der Waals surface area contributed by atoms with Gasteiger partial charge in [0, 0.05) is 53.1 Å². The number of hydrogen-bond donors (Lipinski definition) is 0. The molecule has 5 aromatic heterocycles. The van der Waals surface area contributed by atoms with Gasteiger partial charge < -0.3 is 0 Å². The molecule has 0 saturated heterocycles. The monoisotopic (exact) mass is 513 g/mol. The van der Waals surface area contributed by atoms with Crippen LogP contribution in [-0.2, 0) is 0 Å². The molecule has 0 fully saturated rings. The van der Waals surface area contributed by atoms with Crippen molar-refractivity contribution < 1.29 is 0 Å². The summed E-state index contributed by atoms with van der Waals surface area (Å²) in [4.78, 5) is 24.0. The second-order valence-electron chi connectivity index (χ2n) is 7.68. The minimum absolute atomic E-state index is 0.585. The third kappa shape index (κ3) is 2.47. The van der Waals surface area contributed by atoms with Crippen LogP contribution < -0.4 is 0 Å². The first-order valence-corrected chi connectivity index (χ1v) is 14.4. The molecule has 6 rings (SSSR count). The van der Waals surface area contributed by atoms with E-state index >= 15 is 0 Å². The number of imidazole rings is 1. The van der Waals surface area contributed by atoms with E-state index < -0.39 is 7.51 Å². The Labute approximate surface area is 208 Å². The molecule has 11 nitrogen and oxygen atoms in total. The first kappa shape index (κ1) is 22.0. The zero-order chi connectivity index (χ0) is 24.4. The Bertz CT molecular complexity index is 1410. The summed E-state index contributed by atoms with van der Waals surface area (Å²) < 4.78 is 3.77. The van der Waals surface area contributed by atoms with E-state index in [2.05, 4.69) is 30.1 Å². The highest BCUT2D eigenvalue weighted by atomic mass is 33.2. The predicted molar refractivity (Wildman–Crippen MR) is 134 cm³/mol. The minimum Gasteiger partial charge on any atom is -0.271 e. The highest BCUT2D eigenvalue weighted by Gasteiger charge is 2.74. The molecule has 0 atom stereocenters. The van der Waals surface area contributed by atoms with E-state index in [-0.39, 0.29) is 0 Å². The Kier molecular flexibility index (Phi) is 4.91. The van der Waals surface area contributed by atoms with Gasteiger partial charge in [0.15, 0.2) is 0 Å². The Morgan fingerprint density at radius 1 is 0.667 bits per heavy atom. The van der Waals surface area contributed by atoms with Gasteiger partial charge in [-0.2, -0.15) is 5.10 Å². The summed E-state index contributed by atoms with van der Waals surface area (Å²) in [6.07, 6.45) is 18.7. The van der Waals surface area contributed by atoms with E-state index in [4.69, 9.17) is 15.3 Å². The van der Waals surface area contributed by atoms with Gasteiger partial charge in [-0.15, -0.1) is 10.2 Å². The summed E-state index contributed by atoms with van der Waals surface area (Å²) in [5, 5.41) is 19.3. The van der Waals surface area contributed by atoms with Crippen molar-refractivity contribution in [1.82, 2.24) is 53.5 Å². The molecule has 0 aliphatic carbocycles. The number of aromatic nitrogens is 11. The molecule has 0 radical (unpaired) electrons. The Morgan fingerprint density at radius 3 is 2.22 bits per heavy atom. The molecule has 0 spiro atoms. The fourth-order valence-electron chi connectivity index (χ4n) is 4.65. The van der Waals surface area contributed by atoms with Gasteiger partial charge in [-0.25, -0.2) is 29.0 Å². The largest absolute Gasteiger partial charge is 0.271 e. The van der Waals surface area contributed by atoms with E-state index in [0.29, 0.717) is 14.9 Å². The normalized spacial score (nSPS) is 13.6. The molecule has 13 heteroatoms. The average Bonchev–Trinajstić information content (AvgIpc) is 3.70. The van der Waals surface area contributed by atoms with Crippen molar-refractivity contribution in [2.75, 3.05) is 0 Å². The smallest absolute Gasteiger partial charge is 0.127 e. The topological polar surface area (TPSA) is 126 Å². The van der Waals surface area contributed by atoms with Gasteiger partial charge in [0.05, 0.1) is 17.3 Å². The van der Waals surface area contributed by atoms with Crippen LogP contribution in [-0.4, -0.2) is 53.5 Å². The van der Waals surface area contributed by atoms with Gasteiger partial charge in [0.1, 0.15) is 29.0 Å². The maximum atomic E-state index is 4.94. The summed E-state index contributed by atoms with van der Waals surface area (Å²) >= 11 is 0.